The highest BCUT2D eigenvalue weighted by atomic mass is 35.5. The molecule has 0 saturated heterocycles. The van der Waals surface area contributed by atoms with Gasteiger partial charge in [0.25, 0.3) is 0 Å². The smallest absolute Gasteiger partial charge is 0.196 e. The van der Waals surface area contributed by atoms with Crippen molar-refractivity contribution in [1.82, 2.24) is 14.8 Å². The molecule has 1 heterocycles. The van der Waals surface area contributed by atoms with Crippen molar-refractivity contribution in [2.45, 2.75) is 48.9 Å². The van der Waals surface area contributed by atoms with E-state index in [0.29, 0.717) is 5.92 Å². The summed E-state index contributed by atoms with van der Waals surface area (Å²) in [5, 5.41) is 10.9. The molecule has 1 saturated carbocycles. The summed E-state index contributed by atoms with van der Waals surface area (Å²) in [7, 11) is 1.69. The van der Waals surface area contributed by atoms with Crippen molar-refractivity contribution in [2.75, 3.05) is 7.11 Å². The van der Waals surface area contributed by atoms with Gasteiger partial charge >= 0.3 is 0 Å². The molecule has 3 aromatic rings. The van der Waals surface area contributed by atoms with Crippen LogP contribution in [0.2, 0.25) is 5.02 Å². The fourth-order valence-corrected chi connectivity index (χ4v) is 4.74. The second-order valence-electron chi connectivity index (χ2n) is 7.12. The van der Waals surface area contributed by atoms with Crippen LogP contribution in [0.5, 0.6) is 5.75 Å². The molecule has 1 fully saturated rings. The molecular formula is C22H24ClN3OS. The second-order valence-corrected chi connectivity index (χ2v) is 8.50. The lowest BCUT2D eigenvalue weighted by molar-refractivity contribution is 0.414. The Morgan fingerprint density at radius 2 is 1.71 bits per heavy atom. The lowest BCUT2D eigenvalue weighted by Gasteiger charge is -2.22. The van der Waals surface area contributed by atoms with Crippen LogP contribution in [0, 0.1) is 0 Å². The van der Waals surface area contributed by atoms with E-state index in [-0.39, 0.29) is 0 Å². The van der Waals surface area contributed by atoms with Gasteiger partial charge in [0.05, 0.1) is 7.11 Å². The van der Waals surface area contributed by atoms with Crippen LogP contribution in [0.25, 0.3) is 5.69 Å². The number of aromatic nitrogens is 3. The van der Waals surface area contributed by atoms with Crippen molar-refractivity contribution < 1.29 is 4.74 Å². The predicted octanol–water partition coefficient (Wildman–Crippen LogP) is 6.27. The molecule has 0 unspecified atom stereocenters. The number of halogens is 1. The quantitative estimate of drug-likeness (QED) is 0.446. The Labute approximate surface area is 175 Å². The van der Waals surface area contributed by atoms with Crippen LogP contribution in [0.4, 0.5) is 0 Å². The van der Waals surface area contributed by atoms with Crippen LogP contribution < -0.4 is 4.74 Å². The van der Waals surface area contributed by atoms with E-state index in [2.05, 4.69) is 39.0 Å². The summed E-state index contributed by atoms with van der Waals surface area (Å²) >= 11 is 7.72. The highest BCUT2D eigenvalue weighted by Gasteiger charge is 2.24. The lowest BCUT2D eigenvalue weighted by Crippen LogP contribution is -2.12. The number of nitrogens with zero attached hydrogens (tertiary/aromatic N) is 3. The SMILES string of the molecule is COc1ccc(-n2c(SCc3ccc(Cl)cc3)nnc2C2CCCCC2)cc1. The van der Waals surface area contributed by atoms with Crippen molar-refractivity contribution in [2.24, 2.45) is 0 Å². The van der Waals surface area contributed by atoms with E-state index in [1.54, 1.807) is 18.9 Å². The van der Waals surface area contributed by atoms with Gasteiger partial charge in [-0.05, 0) is 54.8 Å². The molecule has 2 aromatic carbocycles. The second kappa shape index (κ2) is 9.01. The monoisotopic (exact) mass is 413 g/mol. The van der Waals surface area contributed by atoms with Crippen molar-refractivity contribution >= 4 is 23.4 Å². The van der Waals surface area contributed by atoms with E-state index in [0.717, 1.165) is 33.2 Å². The van der Waals surface area contributed by atoms with Gasteiger partial charge < -0.3 is 4.74 Å². The number of thioether (sulfide) groups is 1. The third kappa shape index (κ3) is 4.36. The van der Waals surface area contributed by atoms with Gasteiger partial charge in [0, 0.05) is 22.4 Å². The van der Waals surface area contributed by atoms with Crippen LogP contribution in [0.15, 0.2) is 53.7 Å². The van der Waals surface area contributed by atoms with Crippen LogP contribution in [0.3, 0.4) is 0 Å². The van der Waals surface area contributed by atoms with Crippen molar-refractivity contribution in [3.63, 3.8) is 0 Å². The minimum Gasteiger partial charge on any atom is -0.497 e. The molecular weight excluding hydrogens is 390 g/mol. The van der Waals surface area contributed by atoms with Gasteiger partial charge in [-0.25, -0.2) is 0 Å². The Morgan fingerprint density at radius 1 is 1.00 bits per heavy atom. The molecule has 146 valence electrons. The number of hydrogen-bond donors (Lipinski definition) is 0. The minimum absolute atomic E-state index is 0.480. The zero-order valence-corrected chi connectivity index (χ0v) is 17.5. The van der Waals surface area contributed by atoms with E-state index in [9.17, 15) is 0 Å². The highest BCUT2D eigenvalue weighted by molar-refractivity contribution is 7.98. The van der Waals surface area contributed by atoms with Crippen LogP contribution in [-0.4, -0.2) is 21.9 Å². The molecule has 4 rings (SSSR count). The Balaban J connectivity index is 1.64. The molecule has 0 spiro atoms. The standard InChI is InChI=1S/C22H24ClN3OS/c1-27-20-13-11-19(12-14-20)26-21(17-5-3-2-4-6-17)24-25-22(26)28-15-16-7-9-18(23)10-8-16/h7-14,17H,2-6,15H2,1H3. The van der Waals surface area contributed by atoms with Crippen molar-refractivity contribution in [3.8, 4) is 11.4 Å². The summed E-state index contributed by atoms with van der Waals surface area (Å²) < 4.78 is 7.55. The minimum atomic E-state index is 0.480. The number of benzene rings is 2. The Bertz CT molecular complexity index is 903. The van der Waals surface area contributed by atoms with Gasteiger partial charge in [0.2, 0.25) is 0 Å². The zero-order chi connectivity index (χ0) is 19.3. The van der Waals surface area contributed by atoms with E-state index in [1.165, 1.54) is 37.7 Å². The van der Waals surface area contributed by atoms with Gasteiger partial charge in [-0.1, -0.05) is 54.8 Å². The fraction of sp³-hybridized carbons (Fsp3) is 0.364. The predicted molar refractivity (Wildman–Crippen MR) is 115 cm³/mol. The molecule has 6 heteroatoms. The Morgan fingerprint density at radius 3 is 2.39 bits per heavy atom. The summed E-state index contributed by atoms with van der Waals surface area (Å²) in [6.45, 7) is 0. The van der Waals surface area contributed by atoms with Crippen LogP contribution in [0.1, 0.15) is 49.4 Å². The first kappa shape index (κ1) is 19.3. The first-order valence-electron chi connectivity index (χ1n) is 9.71. The Kier molecular flexibility index (Phi) is 6.23. The number of rotatable bonds is 6. The summed E-state index contributed by atoms with van der Waals surface area (Å²) in [5.74, 6) is 3.25. The van der Waals surface area contributed by atoms with Gasteiger partial charge in [0.1, 0.15) is 11.6 Å². The van der Waals surface area contributed by atoms with Crippen LogP contribution in [-0.2, 0) is 5.75 Å². The summed E-state index contributed by atoms with van der Waals surface area (Å²) in [5.41, 5.74) is 2.31. The molecule has 28 heavy (non-hydrogen) atoms. The number of hydrogen-bond acceptors (Lipinski definition) is 4. The lowest BCUT2D eigenvalue weighted by atomic mass is 9.88. The first-order valence-corrected chi connectivity index (χ1v) is 11.1. The van der Waals surface area contributed by atoms with Crippen LogP contribution >= 0.6 is 23.4 Å². The zero-order valence-electron chi connectivity index (χ0n) is 16.0. The maximum Gasteiger partial charge on any atom is 0.196 e. The number of ether oxygens (including phenoxy) is 1. The summed E-state index contributed by atoms with van der Waals surface area (Å²) in [6, 6.07) is 16.1. The van der Waals surface area contributed by atoms with Crippen molar-refractivity contribution in [3.05, 3.63) is 64.9 Å². The van der Waals surface area contributed by atoms with Gasteiger partial charge in [0.15, 0.2) is 5.16 Å². The average Bonchev–Trinajstić information content (AvgIpc) is 3.18. The third-order valence-corrected chi connectivity index (χ3v) is 6.49. The normalized spacial score (nSPS) is 14.9. The third-order valence-electron chi connectivity index (χ3n) is 5.24. The van der Waals surface area contributed by atoms with E-state index < -0.39 is 0 Å². The number of methoxy groups -OCH3 is 1. The summed E-state index contributed by atoms with van der Waals surface area (Å²) in [4.78, 5) is 0. The molecule has 1 aliphatic rings. The topological polar surface area (TPSA) is 39.9 Å². The molecule has 0 bridgehead atoms. The fourth-order valence-electron chi connectivity index (χ4n) is 3.70. The van der Waals surface area contributed by atoms with E-state index in [4.69, 9.17) is 16.3 Å². The van der Waals surface area contributed by atoms with Gasteiger partial charge in [-0.15, -0.1) is 10.2 Å². The molecule has 1 aromatic heterocycles. The van der Waals surface area contributed by atoms with E-state index >= 15 is 0 Å². The van der Waals surface area contributed by atoms with Gasteiger partial charge in [-0.3, -0.25) is 4.57 Å². The average molecular weight is 414 g/mol. The maximum atomic E-state index is 6.00. The van der Waals surface area contributed by atoms with E-state index in [1.807, 2.05) is 24.3 Å². The maximum absolute atomic E-state index is 6.00. The molecule has 0 N–H and O–H groups in total. The summed E-state index contributed by atoms with van der Waals surface area (Å²) in [6.07, 6.45) is 6.25. The molecule has 0 atom stereocenters. The van der Waals surface area contributed by atoms with Gasteiger partial charge in [-0.2, -0.15) is 0 Å². The Hall–Kier alpha value is -1.98. The largest absolute Gasteiger partial charge is 0.497 e. The molecule has 0 amide bonds. The first-order chi connectivity index (χ1) is 13.7. The molecule has 4 nitrogen and oxygen atoms in total. The molecule has 1 aliphatic carbocycles. The molecule has 0 aliphatic heterocycles. The molecule has 0 radical (unpaired) electrons. The van der Waals surface area contributed by atoms with Crippen molar-refractivity contribution in [1.29, 1.82) is 0 Å². The highest BCUT2D eigenvalue weighted by Crippen LogP contribution is 2.35.